The Labute approximate surface area is 126 Å². The molecule has 1 N–H and O–H groups in total. The molecular formula is C16H27N3S. The highest BCUT2D eigenvalue weighted by Crippen LogP contribution is 2.45. The lowest BCUT2D eigenvalue weighted by Crippen LogP contribution is -2.41. The third-order valence-electron chi connectivity index (χ3n) is 5.38. The van der Waals surface area contributed by atoms with Gasteiger partial charge in [0.05, 0.1) is 0 Å². The maximum atomic E-state index is 4.65. The van der Waals surface area contributed by atoms with Gasteiger partial charge in [-0.1, -0.05) is 19.3 Å². The van der Waals surface area contributed by atoms with Crippen molar-refractivity contribution in [2.45, 2.75) is 57.9 Å². The minimum atomic E-state index is 0.413. The van der Waals surface area contributed by atoms with Crippen LogP contribution in [0.4, 0.5) is 5.13 Å². The molecule has 2 heterocycles. The highest BCUT2D eigenvalue weighted by molar-refractivity contribution is 7.15. The first-order valence-electron chi connectivity index (χ1n) is 8.10. The molecule has 2 fully saturated rings. The SMILES string of the molecule is CNC(C)c1cnc(N2CCC3(CCCCC3)CC2)s1. The van der Waals surface area contributed by atoms with Crippen molar-refractivity contribution >= 4 is 16.5 Å². The standard InChI is InChI=1S/C16H27N3S/c1-13(17-2)14-12-18-15(20-14)19-10-8-16(9-11-19)6-4-3-5-7-16/h12-13,17H,3-11H2,1-2H3. The van der Waals surface area contributed by atoms with Crippen molar-refractivity contribution in [2.24, 2.45) is 5.41 Å². The highest BCUT2D eigenvalue weighted by Gasteiger charge is 2.36. The molecule has 4 heteroatoms. The van der Waals surface area contributed by atoms with Crippen LogP contribution in [-0.2, 0) is 0 Å². The molecule has 0 amide bonds. The highest BCUT2D eigenvalue weighted by atomic mass is 32.1. The summed E-state index contributed by atoms with van der Waals surface area (Å²) in [5.41, 5.74) is 0.688. The van der Waals surface area contributed by atoms with E-state index in [0.29, 0.717) is 11.5 Å². The number of hydrogen-bond acceptors (Lipinski definition) is 4. The van der Waals surface area contributed by atoms with Gasteiger partial charge in [-0.3, -0.25) is 0 Å². The fourth-order valence-corrected chi connectivity index (χ4v) is 4.77. The number of thiazole rings is 1. The lowest BCUT2D eigenvalue weighted by Gasteiger charge is -2.44. The monoisotopic (exact) mass is 293 g/mol. The van der Waals surface area contributed by atoms with E-state index >= 15 is 0 Å². The van der Waals surface area contributed by atoms with Crippen molar-refractivity contribution in [3.8, 4) is 0 Å². The van der Waals surface area contributed by atoms with Crippen molar-refractivity contribution in [3.63, 3.8) is 0 Å². The third kappa shape index (κ3) is 2.86. The van der Waals surface area contributed by atoms with E-state index in [9.17, 15) is 0 Å². The Kier molecular flexibility index (Phi) is 4.32. The van der Waals surface area contributed by atoms with Crippen molar-refractivity contribution in [2.75, 3.05) is 25.0 Å². The molecule has 1 spiro atoms. The average molecular weight is 293 g/mol. The van der Waals surface area contributed by atoms with Gasteiger partial charge in [0.15, 0.2) is 5.13 Å². The van der Waals surface area contributed by atoms with Gasteiger partial charge in [-0.05, 0) is 45.1 Å². The fourth-order valence-electron chi connectivity index (χ4n) is 3.74. The molecule has 1 aromatic rings. The van der Waals surface area contributed by atoms with Gasteiger partial charge < -0.3 is 10.2 Å². The molecular weight excluding hydrogens is 266 g/mol. The summed E-state index contributed by atoms with van der Waals surface area (Å²) in [6, 6.07) is 0.413. The molecule has 1 aliphatic heterocycles. The van der Waals surface area contributed by atoms with Crippen LogP contribution in [0.15, 0.2) is 6.20 Å². The molecule has 0 bridgehead atoms. The van der Waals surface area contributed by atoms with Gasteiger partial charge in [0, 0.05) is 30.2 Å². The number of piperidine rings is 1. The summed E-state index contributed by atoms with van der Waals surface area (Å²) in [5.74, 6) is 0. The molecule has 20 heavy (non-hydrogen) atoms. The topological polar surface area (TPSA) is 28.2 Å². The Balaban J connectivity index is 1.61. The van der Waals surface area contributed by atoms with E-state index in [-0.39, 0.29) is 0 Å². The molecule has 1 aliphatic carbocycles. The zero-order valence-electron chi connectivity index (χ0n) is 12.8. The second-order valence-corrected chi connectivity index (χ2v) is 7.64. The Bertz CT molecular complexity index is 427. The van der Waals surface area contributed by atoms with E-state index in [0.717, 1.165) is 0 Å². The van der Waals surface area contributed by atoms with Gasteiger partial charge in [0.2, 0.25) is 0 Å². The van der Waals surface area contributed by atoms with Gasteiger partial charge in [-0.15, -0.1) is 11.3 Å². The summed E-state index contributed by atoms with van der Waals surface area (Å²) in [6.07, 6.45) is 12.1. The molecule has 1 aromatic heterocycles. The van der Waals surface area contributed by atoms with Crippen molar-refractivity contribution in [1.82, 2.24) is 10.3 Å². The van der Waals surface area contributed by atoms with Crippen LogP contribution in [0.3, 0.4) is 0 Å². The lowest BCUT2D eigenvalue weighted by molar-refractivity contribution is 0.144. The van der Waals surface area contributed by atoms with E-state index in [2.05, 4.69) is 22.1 Å². The molecule has 1 atom stereocenters. The lowest BCUT2D eigenvalue weighted by atomic mass is 9.68. The van der Waals surface area contributed by atoms with Crippen LogP contribution in [0.25, 0.3) is 0 Å². The number of nitrogens with one attached hydrogen (secondary N) is 1. The van der Waals surface area contributed by atoms with Crippen LogP contribution in [0.1, 0.15) is 62.8 Å². The molecule has 3 nitrogen and oxygen atoms in total. The fraction of sp³-hybridized carbons (Fsp3) is 0.812. The van der Waals surface area contributed by atoms with Crippen LogP contribution in [0, 0.1) is 5.41 Å². The largest absolute Gasteiger partial charge is 0.348 e. The quantitative estimate of drug-likeness (QED) is 0.914. The molecule has 1 saturated carbocycles. The first-order valence-corrected chi connectivity index (χ1v) is 8.92. The minimum absolute atomic E-state index is 0.413. The predicted molar refractivity (Wildman–Crippen MR) is 86.6 cm³/mol. The van der Waals surface area contributed by atoms with Gasteiger partial charge in [0.1, 0.15) is 0 Å². The van der Waals surface area contributed by atoms with Gasteiger partial charge in [-0.2, -0.15) is 0 Å². The molecule has 1 saturated heterocycles. The van der Waals surface area contributed by atoms with Crippen LogP contribution in [-0.4, -0.2) is 25.1 Å². The summed E-state index contributed by atoms with van der Waals surface area (Å²) >= 11 is 1.86. The summed E-state index contributed by atoms with van der Waals surface area (Å²) in [7, 11) is 2.01. The first kappa shape index (κ1) is 14.3. The second kappa shape index (κ2) is 6.02. The van der Waals surface area contributed by atoms with E-state index < -0.39 is 0 Å². The second-order valence-electron chi connectivity index (χ2n) is 6.60. The predicted octanol–water partition coefficient (Wildman–Crippen LogP) is 3.97. The maximum Gasteiger partial charge on any atom is 0.185 e. The Morgan fingerprint density at radius 2 is 1.90 bits per heavy atom. The summed E-state index contributed by atoms with van der Waals surface area (Å²) in [5, 5.41) is 4.53. The molecule has 3 rings (SSSR count). The van der Waals surface area contributed by atoms with Crippen LogP contribution in [0.2, 0.25) is 0 Å². The molecule has 0 aromatic carbocycles. The normalized spacial score (nSPS) is 24.0. The number of hydrogen-bond donors (Lipinski definition) is 1. The molecule has 1 unspecified atom stereocenters. The third-order valence-corrected chi connectivity index (χ3v) is 6.62. The molecule has 112 valence electrons. The van der Waals surface area contributed by atoms with E-state index in [4.69, 9.17) is 0 Å². The Morgan fingerprint density at radius 3 is 2.55 bits per heavy atom. The summed E-state index contributed by atoms with van der Waals surface area (Å²) < 4.78 is 0. The van der Waals surface area contributed by atoms with Gasteiger partial charge in [-0.25, -0.2) is 4.98 Å². The zero-order valence-corrected chi connectivity index (χ0v) is 13.6. The number of anilines is 1. The number of aromatic nitrogens is 1. The maximum absolute atomic E-state index is 4.65. The van der Waals surface area contributed by atoms with Crippen LogP contribution < -0.4 is 10.2 Å². The summed E-state index contributed by atoms with van der Waals surface area (Å²) in [6.45, 7) is 4.62. The number of nitrogens with zero attached hydrogens (tertiary/aromatic N) is 2. The van der Waals surface area contributed by atoms with Crippen molar-refractivity contribution in [1.29, 1.82) is 0 Å². The zero-order chi connectivity index (χ0) is 14.0. The molecule has 0 radical (unpaired) electrons. The van der Waals surface area contributed by atoms with E-state index in [1.807, 2.05) is 24.6 Å². The van der Waals surface area contributed by atoms with Crippen LogP contribution >= 0.6 is 11.3 Å². The summed E-state index contributed by atoms with van der Waals surface area (Å²) in [4.78, 5) is 8.50. The Hall–Kier alpha value is -0.610. The van der Waals surface area contributed by atoms with Crippen LogP contribution in [0.5, 0.6) is 0 Å². The van der Waals surface area contributed by atoms with E-state index in [1.165, 1.54) is 68.0 Å². The Morgan fingerprint density at radius 1 is 1.20 bits per heavy atom. The average Bonchev–Trinajstić information content (AvgIpc) is 2.98. The first-order chi connectivity index (χ1) is 9.72. The number of rotatable bonds is 3. The minimum Gasteiger partial charge on any atom is -0.348 e. The van der Waals surface area contributed by atoms with Crippen molar-refractivity contribution in [3.05, 3.63) is 11.1 Å². The van der Waals surface area contributed by atoms with Gasteiger partial charge >= 0.3 is 0 Å². The molecule has 2 aliphatic rings. The van der Waals surface area contributed by atoms with E-state index in [1.54, 1.807) is 0 Å². The van der Waals surface area contributed by atoms with Crippen molar-refractivity contribution < 1.29 is 0 Å². The van der Waals surface area contributed by atoms with Gasteiger partial charge in [0.25, 0.3) is 0 Å². The smallest absolute Gasteiger partial charge is 0.185 e.